The second kappa shape index (κ2) is 5.64. The van der Waals surface area contributed by atoms with Gasteiger partial charge in [0, 0.05) is 33.3 Å². The van der Waals surface area contributed by atoms with E-state index in [9.17, 15) is 4.79 Å². The Morgan fingerprint density at radius 2 is 2.00 bits per heavy atom. The molecule has 0 saturated carbocycles. The van der Waals surface area contributed by atoms with E-state index in [0.717, 1.165) is 14.5 Å². The Morgan fingerprint density at radius 3 is 2.56 bits per heavy atom. The smallest absolute Gasteiger partial charge is 0.191 e. The summed E-state index contributed by atoms with van der Waals surface area (Å²) in [6.45, 7) is 3.75. The van der Waals surface area contributed by atoms with Gasteiger partial charge in [0.2, 0.25) is 0 Å². The van der Waals surface area contributed by atoms with Gasteiger partial charge in [-0.15, -0.1) is 0 Å². The highest BCUT2D eigenvalue weighted by molar-refractivity contribution is 9.11. The number of allylic oxidation sites excluding steroid dienone is 1. The molecule has 0 amide bonds. The average molecular weight is 347 g/mol. The van der Waals surface area contributed by atoms with E-state index in [4.69, 9.17) is 0 Å². The van der Waals surface area contributed by atoms with Crippen LogP contribution < -0.4 is 5.32 Å². The summed E-state index contributed by atoms with van der Waals surface area (Å²) in [4.78, 5) is 12.1. The lowest BCUT2D eigenvalue weighted by atomic mass is 10.0. The molecular weight excluding hydrogens is 334 g/mol. The Labute approximate surface area is 112 Å². The van der Waals surface area contributed by atoms with Crippen molar-refractivity contribution in [2.24, 2.45) is 0 Å². The molecule has 2 nitrogen and oxygen atoms in total. The number of benzene rings is 1. The van der Waals surface area contributed by atoms with Crippen LogP contribution in [0.2, 0.25) is 0 Å². The van der Waals surface area contributed by atoms with E-state index in [1.807, 2.05) is 19.1 Å². The third kappa shape index (κ3) is 2.74. The van der Waals surface area contributed by atoms with Crippen molar-refractivity contribution in [3.05, 3.63) is 44.0 Å². The predicted octanol–water partition coefficient (Wildman–Crippen LogP) is 3.83. The van der Waals surface area contributed by atoms with Crippen molar-refractivity contribution in [2.45, 2.75) is 13.8 Å². The quantitative estimate of drug-likeness (QED) is 0.665. The molecule has 86 valence electrons. The molecule has 1 aromatic carbocycles. The van der Waals surface area contributed by atoms with Gasteiger partial charge < -0.3 is 5.32 Å². The van der Waals surface area contributed by atoms with Crippen LogP contribution >= 0.6 is 31.9 Å². The molecule has 4 heteroatoms. The molecule has 0 aliphatic rings. The molecule has 0 aliphatic carbocycles. The largest absolute Gasteiger partial charge is 0.394 e. The zero-order valence-corrected chi connectivity index (χ0v) is 12.6. The van der Waals surface area contributed by atoms with E-state index >= 15 is 0 Å². The third-order valence-electron chi connectivity index (χ3n) is 2.28. The van der Waals surface area contributed by atoms with Crippen molar-refractivity contribution >= 4 is 37.6 Å². The molecule has 0 bridgehead atoms. The molecular formula is C12H13Br2NO. The van der Waals surface area contributed by atoms with Gasteiger partial charge in [0.25, 0.3) is 0 Å². The first-order chi connectivity index (χ1) is 7.49. The van der Waals surface area contributed by atoms with E-state index in [1.165, 1.54) is 0 Å². The molecule has 1 N–H and O–H groups in total. The van der Waals surface area contributed by atoms with Crippen molar-refractivity contribution in [1.29, 1.82) is 0 Å². The highest BCUT2D eigenvalue weighted by Crippen LogP contribution is 2.29. The van der Waals surface area contributed by atoms with Gasteiger partial charge in [-0.3, -0.25) is 4.79 Å². The van der Waals surface area contributed by atoms with Gasteiger partial charge in [0.15, 0.2) is 5.78 Å². The molecule has 0 spiro atoms. The lowest BCUT2D eigenvalue weighted by molar-refractivity contribution is 0.103. The van der Waals surface area contributed by atoms with E-state index in [2.05, 4.69) is 37.2 Å². The van der Waals surface area contributed by atoms with Gasteiger partial charge in [0.1, 0.15) is 0 Å². The minimum Gasteiger partial charge on any atom is -0.394 e. The SMILES string of the molecule is CNC=C(C)C(=O)c1ccc(Br)c(C)c1Br. The van der Waals surface area contributed by atoms with E-state index in [-0.39, 0.29) is 5.78 Å². The zero-order chi connectivity index (χ0) is 12.3. The van der Waals surface area contributed by atoms with Gasteiger partial charge in [0.05, 0.1) is 0 Å². The number of hydrogen-bond acceptors (Lipinski definition) is 2. The zero-order valence-electron chi connectivity index (χ0n) is 9.40. The number of hydrogen-bond donors (Lipinski definition) is 1. The molecule has 1 rings (SSSR count). The van der Waals surface area contributed by atoms with Crippen LogP contribution in [-0.4, -0.2) is 12.8 Å². The summed E-state index contributed by atoms with van der Waals surface area (Å²) in [5, 5.41) is 2.86. The van der Waals surface area contributed by atoms with E-state index in [0.29, 0.717) is 11.1 Å². The van der Waals surface area contributed by atoms with Crippen LogP contribution in [0.3, 0.4) is 0 Å². The van der Waals surface area contributed by atoms with Crippen LogP contribution in [0.25, 0.3) is 0 Å². The summed E-state index contributed by atoms with van der Waals surface area (Å²) in [7, 11) is 1.78. The Bertz CT molecular complexity index is 453. The summed E-state index contributed by atoms with van der Waals surface area (Å²) in [6.07, 6.45) is 1.70. The molecule has 0 saturated heterocycles. The maximum absolute atomic E-state index is 12.1. The minimum absolute atomic E-state index is 0.0248. The lowest BCUT2D eigenvalue weighted by Gasteiger charge is -2.08. The van der Waals surface area contributed by atoms with Gasteiger partial charge in [-0.25, -0.2) is 0 Å². The van der Waals surface area contributed by atoms with Gasteiger partial charge >= 0.3 is 0 Å². The van der Waals surface area contributed by atoms with Crippen molar-refractivity contribution in [2.75, 3.05) is 7.05 Å². The molecule has 0 fully saturated rings. The Balaban J connectivity index is 3.20. The highest BCUT2D eigenvalue weighted by atomic mass is 79.9. The van der Waals surface area contributed by atoms with E-state index in [1.54, 1.807) is 20.2 Å². The summed E-state index contributed by atoms with van der Waals surface area (Å²) >= 11 is 6.88. The molecule has 0 aliphatic heterocycles. The summed E-state index contributed by atoms with van der Waals surface area (Å²) < 4.78 is 1.84. The maximum atomic E-state index is 12.1. The number of carbonyl (C=O) groups is 1. The monoisotopic (exact) mass is 345 g/mol. The fraction of sp³-hybridized carbons (Fsp3) is 0.250. The van der Waals surface area contributed by atoms with Gasteiger partial charge in [-0.1, -0.05) is 15.9 Å². The van der Waals surface area contributed by atoms with E-state index < -0.39 is 0 Å². The van der Waals surface area contributed by atoms with Gasteiger partial charge in [-0.2, -0.15) is 0 Å². The van der Waals surface area contributed by atoms with Crippen molar-refractivity contribution in [3.8, 4) is 0 Å². The second-order valence-corrected chi connectivity index (χ2v) is 5.13. The Kier molecular flexibility index (Phi) is 4.74. The first-order valence-corrected chi connectivity index (χ1v) is 6.41. The Morgan fingerprint density at radius 1 is 1.38 bits per heavy atom. The molecule has 0 atom stereocenters. The van der Waals surface area contributed by atoms with Crippen molar-refractivity contribution < 1.29 is 4.79 Å². The van der Waals surface area contributed by atoms with Crippen molar-refractivity contribution in [3.63, 3.8) is 0 Å². The Hall–Kier alpha value is -0.610. The molecule has 16 heavy (non-hydrogen) atoms. The summed E-state index contributed by atoms with van der Waals surface area (Å²) in [6, 6.07) is 3.70. The van der Waals surface area contributed by atoms with Crippen molar-refractivity contribution in [1.82, 2.24) is 5.32 Å². The first kappa shape index (κ1) is 13.5. The number of rotatable bonds is 3. The number of ketones is 1. The lowest BCUT2D eigenvalue weighted by Crippen LogP contribution is -2.06. The van der Waals surface area contributed by atoms with Crippen LogP contribution in [0.5, 0.6) is 0 Å². The maximum Gasteiger partial charge on any atom is 0.191 e. The normalized spacial score (nSPS) is 11.4. The first-order valence-electron chi connectivity index (χ1n) is 4.82. The molecule has 0 unspecified atom stereocenters. The minimum atomic E-state index is 0.0248. The van der Waals surface area contributed by atoms with Crippen LogP contribution in [-0.2, 0) is 0 Å². The standard InChI is InChI=1S/C12H13Br2NO/c1-7(6-15-3)12(16)9-4-5-10(13)8(2)11(9)14/h4-6,15H,1-3H3. The number of nitrogens with one attached hydrogen (secondary N) is 1. The molecule has 0 aromatic heterocycles. The number of Topliss-reactive ketones (excluding diaryl/α,β-unsaturated/α-hetero) is 1. The third-order valence-corrected chi connectivity index (χ3v) is 4.16. The molecule has 0 radical (unpaired) electrons. The second-order valence-electron chi connectivity index (χ2n) is 3.48. The molecule has 0 heterocycles. The average Bonchev–Trinajstić information content (AvgIpc) is 2.26. The summed E-state index contributed by atoms with van der Waals surface area (Å²) in [5.74, 6) is 0.0248. The van der Waals surface area contributed by atoms with Crippen LogP contribution in [0.15, 0.2) is 32.9 Å². The van der Waals surface area contributed by atoms with Crippen LogP contribution in [0.1, 0.15) is 22.8 Å². The highest BCUT2D eigenvalue weighted by Gasteiger charge is 2.14. The van der Waals surface area contributed by atoms with Gasteiger partial charge in [-0.05, 0) is 47.5 Å². The predicted molar refractivity (Wildman–Crippen MR) is 73.7 cm³/mol. The topological polar surface area (TPSA) is 29.1 Å². The molecule has 1 aromatic rings. The fourth-order valence-electron chi connectivity index (χ4n) is 1.33. The van der Waals surface area contributed by atoms with Crippen LogP contribution in [0, 0.1) is 6.92 Å². The number of halogens is 2. The van der Waals surface area contributed by atoms with Crippen LogP contribution in [0.4, 0.5) is 0 Å². The number of carbonyl (C=O) groups excluding carboxylic acids is 1. The summed E-state index contributed by atoms with van der Waals surface area (Å²) in [5.41, 5.74) is 2.40. The fourth-order valence-corrected chi connectivity index (χ4v) is 2.45.